The molecule has 3 aromatic rings. The maximum atomic E-state index is 8.77. The zero-order valence-corrected chi connectivity index (χ0v) is 12.4. The maximum Gasteiger partial charge on any atom is 0.127 e. The fourth-order valence-electron chi connectivity index (χ4n) is 2.02. The molecule has 0 unspecified atom stereocenters. The average molecular weight is 298 g/mol. The minimum Gasteiger partial charge on any atom is -0.457 e. The van der Waals surface area contributed by atoms with Crippen LogP contribution in [0.3, 0.4) is 0 Å². The molecule has 0 radical (unpaired) electrons. The van der Waals surface area contributed by atoms with E-state index in [1.807, 2.05) is 66.7 Å². The largest absolute Gasteiger partial charge is 0.457 e. The van der Waals surface area contributed by atoms with E-state index in [0.717, 1.165) is 22.7 Å². The highest BCUT2D eigenvalue weighted by molar-refractivity contribution is 5.82. The van der Waals surface area contributed by atoms with E-state index in [1.54, 1.807) is 18.3 Å². The molecule has 0 spiro atoms. The minimum atomic E-state index is 0.643. The number of aliphatic imine (C=N–C) groups is 1. The van der Waals surface area contributed by atoms with Crippen molar-refractivity contribution < 1.29 is 4.74 Å². The van der Waals surface area contributed by atoms with Gasteiger partial charge in [-0.2, -0.15) is 5.26 Å². The molecule has 0 fully saturated rings. The Morgan fingerprint density at radius 3 is 2.09 bits per heavy atom. The first-order valence-electron chi connectivity index (χ1n) is 7.21. The molecule has 0 saturated heterocycles. The van der Waals surface area contributed by atoms with Crippen LogP contribution in [-0.4, -0.2) is 6.21 Å². The van der Waals surface area contributed by atoms with Gasteiger partial charge in [0.25, 0.3) is 0 Å². The van der Waals surface area contributed by atoms with E-state index >= 15 is 0 Å². The lowest BCUT2D eigenvalue weighted by Crippen LogP contribution is -1.83. The summed E-state index contributed by atoms with van der Waals surface area (Å²) in [5, 5.41) is 8.77. The summed E-state index contributed by atoms with van der Waals surface area (Å²) in [5.41, 5.74) is 2.44. The zero-order valence-electron chi connectivity index (χ0n) is 12.4. The maximum absolute atomic E-state index is 8.77. The molecule has 3 nitrogen and oxygen atoms in total. The van der Waals surface area contributed by atoms with Crippen molar-refractivity contribution in [3.05, 3.63) is 90.0 Å². The predicted molar refractivity (Wildman–Crippen MR) is 91.4 cm³/mol. The molecule has 23 heavy (non-hydrogen) atoms. The third-order valence-corrected chi connectivity index (χ3v) is 3.22. The molecule has 0 aliphatic carbocycles. The second kappa shape index (κ2) is 7.06. The quantitative estimate of drug-likeness (QED) is 0.629. The molecule has 0 saturated carbocycles. The number of ether oxygens (including phenoxy) is 1. The van der Waals surface area contributed by atoms with Crippen molar-refractivity contribution in [3.8, 4) is 17.6 Å². The first-order chi connectivity index (χ1) is 11.3. The predicted octanol–water partition coefficient (Wildman–Crippen LogP) is 5.10. The van der Waals surface area contributed by atoms with Gasteiger partial charge < -0.3 is 4.74 Å². The summed E-state index contributed by atoms with van der Waals surface area (Å²) < 4.78 is 5.74. The van der Waals surface area contributed by atoms with E-state index in [9.17, 15) is 0 Å². The number of para-hydroxylation sites is 1. The molecule has 0 aliphatic heterocycles. The molecule has 0 bridgehead atoms. The van der Waals surface area contributed by atoms with Gasteiger partial charge >= 0.3 is 0 Å². The lowest BCUT2D eigenvalue weighted by molar-refractivity contribution is 0.483. The standard InChI is InChI=1S/C20H14N2O/c21-14-16-6-8-17(9-7-16)15-22-18-10-12-20(13-11-18)23-19-4-2-1-3-5-19/h1-13,15H. The fraction of sp³-hybridized carbons (Fsp3) is 0. The number of nitriles is 1. The molecule has 0 atom stereocenters. The van der Waals surface area contributed by atoms with Crippen molar-refractivity contribution in [3.63, 3.8) is 0 Å². The Kier molecular flexibility index (Phi) is 4.47. The Hall–Kier alpha value is -3.38. The van der Waals surface area contributed by atoms with Gasteiger partial charge in [0.05, 0.1) is 17.3 Å². The van der Waals surface area contributed by atoms with Gasteiger partial charge in [0, 0.05) is 6.21 Å². The summed E-state index contributed by atoms with van der Waals surface area (Å²) >= 11 is 0. The van der Waals surface area contributed by atoms with Gasteiger partial charge in [-0.3, -0.25) is 4.99 Å². The van der Waals surface area contributed by atoms with Crippen molar-refractivity contribution >= 4 is 11.9 Å². The van der Waals surface area contributed by atoms with Gasteiger partial charge in [0.1, 0.15) is 11.5 Å². The van der Waals surface area contributed by atoms with Crippen LogP contribution in [0.5, 0.6) is 11.5 Å². The zero-order chi connectivity index (χ0) is 15.9. The topological polar surface area (TPSA) is 45.4 Å². The summed E-state index contributed by atoms with van der Waals surface area (Å²) in [6.45, 7) is 0. The lowest BCUT2D eigenvalue weighted by Gasteiger charge is -2.05. The number of benzene rings is 3. The highest BCUT2D eigenvalue weighted by Crippen LogP contribution is 2.23. The van der Waals surface area contributed by atoms with Crippen LogP contribution in [0.15, 0.2) is 83.9 Å². The van der Waals surface area contributed by atoms with Crippen molar-refractivity contribution in [2.24, 2.45) is 4.99 Å². The van der Waals surface area contributed by atoms with E-state index < -0.39 is 0 Å². The number of hydrogen-bond donors (Lipinski definition) is 0. The highest BCUT2D eigenvalue weighted by atomic mass is 16.5. The third kappa shape index (κ3) is 4.05. The molecule has 110 valence electrons. The molecule has 0 heterocycles. The van der Waals surface area contributed by atoms with Gasteiger partial charge in [0.15, 0.2) is 0 Å². The van der Waals surface area contributed by atoms with E-state index in [1.165, 1.54) is 0 Å². The molecular weight excluding hydrogens is 284 g/mol. The highest BCUT2D eigenvalue weighted by Gasteiger charge is 1.96. The normalized spacial score (nSPS) is 10.4. The Morgan fingerprint density at radius 1 is 0.783 bits per heavy atom. The van der Waals surface area contributed by atoms with Crippen molar-refractivity contribution in [2.45, 2.75) is 0 Å². The summed E-state index contributed by atoms with van der Waals surface area (Å²) in [6.07, 6.45) is 1.77. The van der Waals surface area contributed by atoms with Crippen molar-refractivity contribution in [1.82, 2.24) is 0 Å². The van der Waals surface area contributed by atoms with Crippen LogP contribution in [0.4, 0.5) is 5.69 Å². The number of nitrogens with zero attached hydrogens (tertiary/aromatic N) is 2. The minimum absolute atomic E-state index is 0.643. The van der Waals surface area contributed by atoms with Crippen LogP contribution in [-0.2, 0) is 0 Å². The van der Waals surface area contributed by atoms with E-state index in [4.69, 9.17) is 10.00 Å². The lowest BCUT2D eigenvalue weighted by atomic mass is 10.2. The first kappa shape index (κ1) is 14.6. The average Bonchev–Trinajstić information content (AvgIpc) is 2.62. The van der Waals surface area contributed by atoms with Crippen LogP contribution in [0.2, 0.25) is 0 Å². The molecule has 3 aromatic carbocycles. The SMILES string of the molecule is N#Cc1ccc(C=Nc2ccc(Oc3ccccc3)cc2)cc1. The third-order valence-electron chi connectivity index (χ3n) is 3.22. The molecule has 0 aliphatic rings. The van der Waals surface area contributed by atoms with Gasteiger partial charge in [-0.05, 0) is 54.1 Å². The van der Waals surface area contributed by atoms with Gasteiger partial charge in [-0.1, -0.05) is 30.3 Å². The van der Waals surface area contributed by atoms with Crippen molar-refractivity contribution in [2.75, 3.05) is 0 Å². The van der Waals surface area contributed by atoms with Gasteiger partial charge in [-0.15, -0.1) is 0 Å². The molecule has 3 heteroatoms. The molecule has 0 amide bonds. The molecule has 3 rings (SSSR count). The van der Waals surface area contributed by atoms with E-state index in [2.05, 4.69) is 11.1 Å². The summed E-state index contributed by atoms with van der Waals surface area (Å²) in [4.78, 5) is 4.42. The first-order valence-corrected chi connectivity index (χ1v) is 7.21. The van der Waals surface area contributed by atoms with Gasteiger partial charge in [-0.25, -0.2) is 0 Å². The number of hydrogen-bond acceptors (Lipinski definition) is 3. The summed E-state index contributed by atoms with van der Waals surface area (Å²) in [6, 6.07) is 26.6. The molecular formula is C20H14N2O. The smallest absolute Gasteiger partial charge is 0.127 e. The van der Waals surface area contributed by atoms with Crippen molar-refractivity contribution in [1.29, 1.82) is 5.26 Å². The molecule has 0 N–H and O–H groups in total. The van der Waals surface area contributed by atoms with Crippen LogP contribution >= 0.6 is 0 Å². The summed E-state index contributed by atoms with van der Waals surface area (Å²) in [7, 11) is 0. The second-order valence-electron chi connectivity index (χ2n) is 4.90. The molecule has 0 aromatic heterocycles. The van der Waals surface area contributed by atoms with Crippen LogP contribution in [0, 0.1) is 11.3 Å². The second-order valence-corrected chi connectivity index (χ2v) is 4.90. The monoisotopic (exact) mass is 298 g/mol. The Balaban J connectivity index is 1.67. The Morgan fingerprint density at radius 2 is 1.43 bits per heavy atom. The number of rotatable bonds is 4. The van der Waals surface area contributed by atoms with E-state index in [-0.39, 0.29) is 0 Å². The van der Waals surface area contributed by atoms with Crippen LogP contribution < -0.4 is 4.74 Å². The van der Waals surface area contributed by atoms with E-state index in [0.29, 0.717) is 5.56 Å². The Labute approximate surface area is 135 Å². The van der Waals surface area contributed by atoms with Gasteiger partial charge in [0.2, 0.25) is 0 Å². The summed E-state index contributed by atoms with van der Waals surface area (Å²) in [5.74, 6) is 1.58. The fourth-order valence-corrected chi connectivity index (χ4v) is 2.02. The van der Waals surface area contributed by atoms with Crippen LogP contribution in [0.1, 0.15) is 11.1 Å². The Bertz CT molecular complexity index is 830. The van der Waals surface area contributed by atoms with Crippen LogP contribution in [0.25, 0.3) is 0 Å².